The van der Waals surface area contributed by atoms with Crippen molar-refractivity contribution in [2.24, 2.45) is 0 Å². The first-order valence-corrected chi connectivity index (χ1v) is 6.46. The van der Waals surface area contributed by atoms with E-state index in [-0.39, 0.29) is 5.69 Å². The van der Waals surface area contributed by atoms with Gasteiger partial charge in [0.1, 0.15) is 11.3 Å². The number of esters is 1. The molecule has 3 aromatic rings. The lowest BCUT2D eigenvalue weighted by Gasteiger charge is -1.98. The van der Waals surface area contributed by atoms with E-state index in [1.165, 1.54) is 19.2 Å². The molecule has 0 saturated carbocycles. The maximum Gasteiger partial charge on any atom is 0.338 e. The molecule has 0 amide bonds. The van der Waals surface area contributed by atoms with Gasteiger partial charge in [-0.1, -0.05) is 6.07 Å². The van der Waals surface area contributed by atoms with Gasteiger partial charge in [-0.15, -0.1) is 0 Å². The number of fused-ring (bicyclic) bond motifs is 1. The lowest BCUT2D eigenvalue weighted by molar-refractivity contribution is -0.384. The van der Waals surface area contributed by atoms with E-state index in [9.17, 15) is 14.9 Å². The van der Waals surface area contributed by atoms with E-state index >= 15 is 0 Å². The van der Waals surface area contributed by atoms with E-state index in [1.807, 2.05) is 0 Å². The molecule has 0 N–H and O–H groups in total. The van der Waals surface area contributed by atoms with E-state index in [0.717, 1.165) is 0 Å². The van der Waals surface area contributed by atoms with Gasteiger partial charge in [0, 0.05) is 23.1 Å². The molecule has 0 bridgehead atoms. The molecule has 0 aliphatic carbocycles. The van der Waals surface area contributed by atoms with Crippen LogP contribution in [0.4, 0.5) is 5.69 Å². The van der Waals surface area contributed by atoms with Crippen LogP contribution in [0.3, 0.4) is 0 Å². The molecule has 0 aliphatic rings. The predicted molar refractivity (Wildman–Crippen MR) is 79.6 cm³/mol. The average Bonchev–Trinajstić information content (AvgIpc) is 2.98. The smallest absolute Gasteiger partial charge is 0.338 e. The van der Waals surface area contributed by atoms with E-state index in [2.05, 4.69) is 0 Å². The predicted octanol–water partition coefficient (Wildman–Crippen LogP) is 3.79. The van der Waals surface area contributed by atoms with Gasteiger partial charge in [-0.2, -0.15) is 0 Å². The van der Waals surface area contributed by atoms with E-state index < -0.39 is 10.9 Å². The third-order valence-corrected chi connectivity index (χ3v) is 3.33. The zero-order chi connectivity index (χ0) is 15.7. The molecule has 0 spiro atoms. The minimum atomic E-state index is -0.461. The number of methoxy groups -OCH3 is 1. The van der Waals surface area contributed by atoms with Crippen LogP contribution in [0.2, 0.25) is 0 Å². The zero-order valence-electron chi connectivity index (χ0n) is 11.6. The van der Waals surface area contributed by atoms with Crippen LogP contribution >= 0.6 is 0 Å². The van der Waals surface area contributed by atoms with Crippen molar-refractivity contribution in [1.82, 2.24) is 0 Å². The third kappa shape index (κ3) is 2.31. The molecule has 1 heterocycles. The quantitative estimate of drug-likeness (QED) is 0.417. The Balaban J connectivity index is 2.08. The first kappa shape index (κ1) is 13.8. The number of furan rings is 1. The summed E-state index contributed by atoms with van der Waals surface area (Å²) < 4.78 is 10.5. The summed E-state index contributed by atoms with van der Waals surface area (Å²) in [5, 5.41) is 11.3. The lowest BCUT2D eigenvalue weighted by atomic mass is 10.1. The van der Waals surface area contributed by atoms with E-state index in [4.69, 9.17) is 9.15 Å². The molecular formula is C16H11NO5. The number of carbonyl (C=O) groups is 1. The van der Waals surface area contributed by atoms with Crippen LogP contribution in [-0.4, -0.2) is 18.0 Å². The maximum atomic E-state index is 11.8. The van der Waals surface area contributed by atoms with Crippen LogP contribution in [0.1, 0.15) is 10.4 Å². The molecule has 0 saturated heterocycles. The highest BCUT2D eigenvalue weighted by atomic mass is 16.6. The number of hydrogen-bond donors (Lipinski definition) is 0. The Morgan fingerprint density at radius 2 is 1.91 bits per heavy atom. The molecule has 0 fully saturated rings. The number of ether oxygens (including phenoxy) is 1. The molecule has 0 atom stereocenters. The molecular weight excluding hydrogens is 286 g/mol. The minimum Gasteiger partial charge on any atom is -0.465 e. The Labute approximate surface area is 125 Å². The first-order chi connectivity index (χ1) is 10.6. The zero-order valence-corrected chi connectivity index (χ0v) is 11.6. The number of nitrogens with zero attached hydrogens (tertiary/aromatic N) is 1. The van der Waals surface area contributed by atoms with E-state index in [0.29, 0.717) is 27.9 Å². The summed E-state index contributed by atoms with van der Waals surface area (Å²) in [7, 11) is 1.32. The summed E-state index contributed by atoms with van der Waals surface area (Å²) in [6.45, 7) is 0. The fraction of sp³-hybridized carbons (Fsp3) is 0.0625. The minimum absolute atomic E-state index is 0.00936. The molecule has 0 radical (unpaired) electrons. The Hall–Kier alpha value is -3.15. The van der Waals surface area contributed by atoms with Crippen LogP contribution in [0, 0.1) is 10.1 Å². The van der Waals surface area contributed by atoms with Gasteiger partial charge in [0.15, 0.2) is 0 Å². The Morgan fingerprint density at radius 3 is 2.55 bits per heavy atom. The highest BCUT2D eigenvalue weighted by Gasteiger charge is 2.15. The van der Waals surface area contributed by atoms with Gasteiger partial charge < -0.3 is 9.15 Å². The van der Waals surface area contributed by atoms with Gasteiger partial charge in [0.2, 0.25) is 0 Å². The van der Waals surface area contributed by atoms with Crippen molar-refractivity contribution in [1.29, 1.82) is 0 Å². The number of nitro benzene ring substituents is 1. The second-order valence-electron chi connectivity index (χ2n) is 4.62. The number of non-ortho nitro benzene ring substituents is 1. The van der Waals surface area contributed by atoms with E-state index in [1.54, 1.807) is 36.4 Å². The summed E-state index contributed by atoms with van der Waals surface area (Å²) in [6.07, 6.45) is 0. The molecule has 6 nitrogen and oxygen atoms in total. The number of rotatable bonds is 3. The fourth-order valence-corrected chi connectivity index (χ4v) is 2.24. The summed E-state index contributed by atoms with van der Waals surface area (Å²) in [5.41, 5.74) is 1.67. The Morgan fingerprint density at radius 1 is 1.18 bits per heavy atom. The monoisotopic (exact) mass is 297 g/mol. The lowest BCUT2D eigenvalue weighted by Crippen LogP contribution is -2.00. The number of carbonyl (C=O) groups excluding carboxylic acids is 1. The Kier molecular flexibility index (Phi) is 3.34. The van der Waals surface area contributed by atoms with Gasteiger partial charge in [-0.25, -0.2) is 4.79 Å². The average molecular weight is 297 g/mol. The number of nitro groups is 1. The van der Waals surface area contributed by atoms with Gasteiger partial charge in [-0.3, -0.25) is 10.1 Å². The van der Waals surface area contributed by atoms with Crippen molar-refractivity contribution in [2.45, 2.75) is 0 Å². The standard InChI is InChI=1S/C16H11NO5/c1-21-16(18)12-3-2-4-14-13(12)9-15(22-14)10-5-7-11(8-6-10)17(19)20/h2-9H,1H3. The molecule has 2 aromatic carbocycles. The van der Waals surface area contributed by atoms with Gasteiger partial charge in [-0.05, 0) is 30.3 Å². The Bertz CT molecular complexity index is 864. The van der Waals surface area contributed by atoms with Crippen molar-refractivity contribution in [3.63, 3.8) is 0 Å². The second kappa shape index (κ2) is 5.33. The molecule has 1 aromatic heterocycles. The number of hydrogen-bond acceptors (Lipinski definition) is 5. The summed E-state index contributed by atoms with van der Waals surface area (Å²) >= 11 is 0. The highest BCUT2D eigenvalue weighted by Crippen LogP contribution is 2.31. The van der Waals surface area contributed by atoms with Crippen LogP contribution < -0.4 is 0 Å². The topological polar surface area (TPSA) is 82.6 Å². The molecule has 0 aliphatic heterocycles. The van der Waals surface area contributed by atoms with Crippen LogP contribution in [-0.2, 0) is 4.74 Å². The molecule has 22 heavy (non-hydrogen) atoms. The summed E-state index contributed by atoms with van der Waals surface area (Å²) in [5.74, 6) is 0.0860. The van der Waals surface area contributed by atoms with Crippen LogP contribution in [0.5, 0.6) is 0 Å². The van der Waals surface area contributed by atoms with Crippen molar-refractivity contribution < 1.29 is 18.9 Å². The summed E-state index contributed by atoms with van der Waals surface area (Å²) in [4.78, 5) is 22.0. The second-order valence-corrected chi connectivity index (χ2v) is 4.62. The largest absolute Gasteiger partial charge is 0.465 e. The van der Waals surface area contributed by atoms with Crippen molar-refractivity contribution >= 4 is 22.6 Å². The molecule has 0 unspecified atom stereocenters. The molecule has 6 heteroatoms. The normalized spacial score (nSPS) is 10.6. The highest BCUT2D eigenvalue weighted by molar-refractivity contribution is 6.04. The molecule has 3 rings (SSSR count). The van der Waals surface area contributed by atoms with Gasteiger partial charge in [0.05, 0.1) is 17.6 Å². The van der Waals surface area contributed by atoms with Gasteiger partial charge in [0.25, 0.3) is 5.69 Å². The van der Waals surface area contributed by atoms with Crippen LogP contribution in [0.15, 0.2) is 52.9 Å². The van der Waals surface area contributed by atoms with Gasteiger partial charge >= 0.3 is 5.97 Å². The maximum absolute atomic E-state index is 11.8. The van der Waals surface area contributed by atoms with Crippen molar-refractivity contribution in [3.05, 3.63) is 64.2 Å². The number of benzene rings is 2. The third-order valence-electron chi connectivity index (χ3n) is 3.33. The van der Waals surface area contributed by atoms with Crippen LogP contribution in [0.25, 0.3) is 22.3 Å². The van der Waals surface area contributed by atoms with Crippen molar-refractivity contribution in [3.8, 4) is 11.3 Å². The molecule has 110 valence electrons. The van der Waals surface area contributed by atoms with Crippen molar-refractivity contribution in [2.75, 3.05) is 7.11 Å². The summed E-state index contributed by atoms with van der Waals surface area (Å²) in [6, 6.07) is 12.9. The first-order valence-electron chi connectivity index (χ1n) is 6.46. The SMILES string of the molecule is COC(=O)c1cccc2oc(-c3ccc([N+](=O)[O-])cc3)cc12. The fourth-order valence-electron chi connectivity index (χ4n) is 2.24.